The highest BCUT2D eigenvalue weighted by molar-refractivity contribution is 5.87. The van der Waals surface area contributed by atoms with Gasteiger partial charge < -0.3 is 49.2 Å². The highest BCUT2D eigenvalue weighted by Gasteiger charge is 2.56. The largest absolute Gasteiger partial charge is 0.497 e. The predicted molar refractivity (Wildman–Crippen MR) is 128 cm³/mol. The number of benzene rings is 1. The number of carbonyl (C=O) groups is 2. The molecule has 2 fully saturated rings. The molecule has 0 unspecified atom stereocenters. The average molecular weight is 537 g/mol. The van der Waals surface area contributed by atoms with E-state index in [-0.39, 0.29) is 12.0 Å². The Labute approximate surface area is 218 Å². The van der Waals surface area contributed by atoms with Crippen molar-refractivity contribution in [2.45, 2.75) is 62.4 Å². The van der Waals surface area contributed by atoms with E-state index in [1.807, 2.05) is 0 Å². The molecule has 12 nitrogen and oxygen atoms in total. The van der Waals surface area contributed by atoms with Crippen molar-refractivity contribution in [3.8, 4) is 5.75 Å². The van der Waals surface area contributed by atoms with Gasteiger partial charge in [-0.1, -0.05) is 12.1 Å². The maximum Gasteiger partial charge on any atom is 0.334 e. The number of hydrogen-bond donors (Lipinski definition) is 5. The van der Waals surface area contributed by atoms with Crippen LogP contribution >= 0.6 is 0 Å². The molecule has 0 aromatic heterocycles. The van der Waals surface area contributed by atoms with E-state index >= 15 is 0 Å². The van der Waals surface area contributed by atoms with E-state index in [4.69, 9.17) is 23.7 Å². The molecule has 0 spiro atoms. The van der Waals surface area contributed by atoms with Gasteiger partial charge in [-0.25, -0.2) is 9.59 Å². The van der Waals surface area contributed by atoms with E-state index in [1.54, 1.807) is 31.2 Å². The standard InChI is InChI=1S/C26H32O12/c1-26(33)10-9-15-16(23(31)32)12-35-24(19(15)26)38-25-22(21(30)20(29)17(11-27)36-25)37-18(28)8-5-13-3-6-14(34-2)7-4-13/h3-8,12,15,17,19-22,24-25,27,29-30,33H,9-11H2,1-2H3,(H,31,32)/t15-,17-,19-,20-,21+,22-,24+,25+,26-/m1/s1. The Morgan fingerprint density at radius 2 is 1.87 bits per heavy atom. The molecule has 0 amide bonds. The second kappa shape index (κ2) is 11.4. The van der Waals surface area contributed by atoms with Gasteiger partial charge in [-0.15, -0.1) is 0 Å². The molecule has 2 heterocycles. The minimum absolute atomic E-state index is 0.00692. The Kier molecular flexibility index (Phi) is 8.40. The van der Waals surface area contributed by atoms with E-state index in [0.29, 0.717) is 17.7 Å². The zero-order valence-electron chi connectivity index (χ0n) is 20.9. The minimum Gasteiger partial charge on any atom is -0.497 e. The number of fused-ring (bicyclic) bond motifs is 1. The van der Waals surface area contributed by atoms with Crippen LogP contribution in [-0.4, -0.2) is 93.8 Å². The molecule has 1 saturated carbocycles. The van der Waals surface area contributed by atoms with Gasteiger partial charge in [0, 0.05) is 12.0 Å². The smallest absolute Gasteiger partial charge is 0.334 e. The monoisotopic (exact) mass is 536 g/mol. The summed E-state index contributed by atoms with van der Waals surface area (Å²) in [7, 11) is 1.53. The van der Waals surface area contributed by atoms with Crippen LogP contribution in [0.4, 0.5) is 0 Å². The van der Waals surface area contributed by atoms with Crippen LogP contribution in [0.25, 0.3) is 6.08 Å². The first kappa shape index (κ1) is 28.0. The number of methoxy groups -OCH3 is 1. The molecule has 1 aromatic carbocycles. The summed E-state index contributed by atoms with van der Waals surface area (Å²) in [5.41, 5.74) is -0.684. The maximum absolute atomic E-state index is 12.6. The fourth-order valence-electron chi connectivity index (χ4n) is 5.17. The molecule has 1 aromatic rings. The summed E-state index contributed by atoms with van der Waals surface area (Å²) in [6.45, 7) is 0.870. The lowest BCUT2D eigenvalue weighted by atomic mass is 9.81. The number of carbonyl (C=O) groups excluding carboxylic acids is 1. The summed E-state index contributed by atoms with van der Waals surface area (Å²) >= 11 is 0. The van der Waals surface area contributed by atoms with E-state index in [1.165, 1.54) is 13.2 Å². The number of carboxylic acids is 1. The molecule has 38 heavy (non-hydrogen) atoms. The van der Waals surface area contributed by atoms with Crippen molar-refractivity contribution in [1.82, 2.24) is 0 Å². The topological polar surface area (TPSA) is 181 Å². The van der Waals surface area contributed by atoms with E-state index in [2.05, 4.69) is 0 Å². The molecule has 5 N–H and O–H groups in total. The maximum atomic E-state index is 12.6. The fourth-order valence-corrected chi connectivity index (χ4v) is 5.17. The summed E-state index contributed by atoms with van der Waals surface area (Å²) in [5, 5.41) is 51.2. The van der Waals surface area contributed by atoms with E-state index in [9.17, 15) is 35.1 Å². The third kappa shape index (κ3) is 5.70. The van der Waals surface area contributed by atoms with Crippen LogP contribution in [0.3, 0.4) is 0 Å². The van der Waals surface area contributed by atoms with Crippen LogP contribution in [0, 0.1) is 11.8 Å². The third-order valence-electron chi connectivity index (χ3n) is 7.25. The van der Waals surface area contributed by atoms with E-state index in [0.717, 1.165) is 12.3 Å². The lowest BCUT2D eigenvalue weighted by Crippen LogP contribution is -2.61. The number of ether oxygens (including phenoxy) is 5. The van der Waals surface area contributed by atoms with Crippen molar-refractivity contribution in [3.63, 3.8) is 0 Å². The van der Waals surface area contributed by atoms with Gasteiger partial charge in [-0.2, -0.15) is 0 Å². The first-order valence-corrected chi connectivity index (χ1v) is 12.2. The number of hydrogen-bond acceptors (Lipinski definition) is 11. The number of aliphatic hydroxyl groups excluding tert-OH is 3. The first-order valence-electron chi connectivity index (χ1n) is 12.2. The molecule has 4 rings (SSSR count). The summed E-state index contributed by atoms with van der Waals surface area (Å²) < 4.78 is 27.6. The van der Waals surface area contributed by atoms with Crippen LogP contribution < -0.4 is 4.74 Å². The summed E-state index contributed by atoms with van der Waals surface area (Å²) in [4.78, 5) is 24.3. The summed E-state index contributed by atoms with van der Waals surface area (Å²) in [5.74, 6) is -2.81. The van der Waals surface area contributed by atoms with Gasteiger partial charge in [0.25, 0.3) is 0 Å². The third-order valence-corrected chi connectivity index (χ3v) is 7.25. The predicted octanol–water partition coefficient (Wildman–Crippen LogP) is 0.178. The second-order valence-electron chi connectivity index (χ2n) is 9.76. The zero-order chi connectivity index (χ0) is 27.6. The molecule has 1 saturated heterocycles. The molecule has 12 heteroatoms. The number of rotatable bonds is 8. The number of carboxylic acid groups (broad SMARTS) is 1. The molecule has 208 valence electrons. The second-order valence-corrected chi connectivity index (χ2v) is 9.76. The summed E-state index contributed by atoms with van der Waals surface area (Å²) in [6.07, 6.45) is -4.56. The van der Waals surface area contributed by atoms with Crippen molar-refractivity contribution < 1.29 is 58.8 Å². The first-order chi connectivity index (χ1) is 18.1. The Hall–Kier alpha value is -3.00. The van der Waals surface area contributed by atoms with Crippen LogP contribution in [0.1, 0.15) is 25.3 Å². The molecule has 3 aliphatic rings. The molecular weight excluding hydrogens is 504 g/mol. The highest BCUT2D eigenvalue weighted by atomic mass is 16.8. The Balaban J connectivity index is 1.53. The van der Waals surface area contributed by atoms with Gasteiger partial charge in [0.2, 0.25) is 12.6 Å². The van der Waals surface area contributed by atoms with Crippen LogP contribution in [0.5, 0.6) is 5.75 Å². The number of esters is 1. The molecule has 1 aliphatic carbocycles. The Morgan fingerprint density at radius 1 is 1.16 bits per heavy atom. The number of aliphatic hydroxyl groups is 4. The van der Waals surface area contributed by atoms with Crippen molar-refractivity contribution in [3.05, 3.63) is 47.7 Å². The fraction of sp³-hybridized carbons (Fsp3) is 0.538. The SMILES string of the molecule is COc1ccc(C=CC(=O)O[C@H]2[C@H](O[C@@H]3OC=C(C(=O)O)[C@H]4CC[C@@](C)(O)[C@@H]34)O[C@H](CO)[C@@H](O)[C@@H]2O)cc1. The summed E-state index contributed by atoms with van der Waals surface area (Å²) in [6, 6.07) is 6.84. The molecule has 0 bridgehead atoms. The van der Waals surface area contributed by atoms with Gasteiger partial charge >= 0.3 is 11.9 Å². The van der Waals surface area contributed by atoms with Crippen molar-refractivity contribution >= 4 is 18.0 Å². The van der Waals surface area contributed by atoms with Crippen molar-refractivity contribution in [2.75, 3.05) is 13.7 Å². The van der Waals surface area contributed by atoms with Crippen molar-refractivity contribution in [2.24, 2.45) is 11.8 Å². The van der Waals surface area contributed by atoms with Gasteiger partial charge in [-0.05, 0) is 43.5 Å². The van der Waals surface area contributed by atoms with Crippen LogP contribution in [0.15, 0.2) is 42.2 Å². The average Bonchev–Trinajstić information content (AvgIpc) is 3.22. The Bertz CT molecular complexity index is 1060. The number of aliphatic carboxylic acids is 1. The molecular formula is C26H32O12. The highest BCUT2D eigenvalue weighted by Crippen LogP contribution is 2.49. The van der Waals surface area contributed by atoms with Gasteiger partial charge in [0.05, 0.1) is 37.1 Å². The molecule has 2 aliphatic heterocycles. The lowest BCUT2D eigenvalue weighted by molar-refractivity contribution is -0.346. The zero-order valence-corrected chi connectivity index (χ0v) is 20.9. The van der Waals surface area contributed by atoms with E-state index < -0.39 is 73.0 Å². The van der Waals surface area contributed by atoms with Gasteiger partial charge in [0.1, 0.15) is 24.1 Å². The molecule has 9 atom stereocenters. The quantitative estimate of drug-likeness (QED) is 0.225. The van der Waals surface area contributed by atoms with Crippen molar-refractivity contribution in [1.29, 1.82) is 0 Å². The minimum atomic E-state index is -1.70. The van der Waals surface area contributed by atoms with Gasteiger partial charge in [-0.3, -0.25) is 0 Å². The molecule has 0 radical (unpaired) electrons. The normalized spacial score (nSPS) is 36.7. The Morgan fingerprint density at radius 3 is 2.50 bits per heavy atom. The lowest BCUT2D eigenvalue weighted by Gasteiger charge is -2.44. The van der Waals surface area contributed by atoms with Crippen LogP contribution in [-0.2, 0) is 28.5 Å². The van der Waals surface area contributed by atoms with Crippen LogP contribution in [0.2, 0.25) is 0 Å². The van der Waals surface area contributed by atoms with Gasteiger partial charge in [0.15, 0.2) is 6.10 Å².